The van der Waals surface area contributed by atoms with Crippen molar-refractivity contribution >= 4 is 11.9 Å². The van der Waals surface area contributed by atoms with E-state index in [1.807, 2.05) is 6.92 Å². The number of guanidine groups is 1. The second kappa shape index (κ2) is 7.14. The van der Waals surface area contributed by atoms with E-state index in [9.17, 15) is 4.79 Å². The van der Waals surface area contributed by atoms with Crippen LogP contribution in [0.2, 0.25) is 0 Å². The number of carbonyl (C=O) groups is 1. The van der Waals surface area contributed by atoms with E-state index in [-0.39, 0.29) is 17.8 Å². The summed E-state index contributed by atoms with van der Waals surface area (Å²) in [4.78, 5) is 11.6. The van der Waals surface area contributed by atoms with Gasteiger partial charge in [0.25, 0.3) is 0 Å². The molecule has 0 bridgehead atoms. The van der Waals surface area contributed by atoms with Crippen LogP contribution in [0.25, 0.3) is 0 Å². The molecular weight excluding hydrogens is 218 g/mol. The number of ether oxygens (including phenoxy) is 1. The fourth-order valence-corrected chi connectivity index (χ4v) is 2.18. The molecule has 17 heavy (non-hydrogen) atoms. The third kappa shape index (κ3) is 5.06. The zero-order valence-electron chi connectivity index (χ0n) is 10.5. The van der Waals surface area contributed by atoms with Gasteiger partial charge in [0.05, 0.1) is 12.5 Å². The van der Waals surface area contributed by atoms with Crippen molar-refractivity contribution in [3.63, 3.8) is 0 Å². The van der Waals surface area contributed by atoms with Crippen LogP contribution in [0, 0.1) is 17.2 Å². The van der Waals surface area contributed by atoms with Crippen molar-refractivity contribution in [2.45, 2.75) is 39.0 Å². The van der Waals surface area contributed by atoms with Crippen LogP contribution in [0.15, 0.2) is 0 Å². The molecule has 0 aromatic rings. The van der Waals surface area contributed by atoms with Crippen LogP contribution in [0.1, 0.15) is 39.0 Å². The number of esters is 1. The van der Waals surface area contributed by atoms with Gasteiger partial charge in [-0.25, -0.2) is 0 Å². The lowest BCUT2D eigenvalue weighted by molar-refractivity contribution is -0.149. The van der Waals surface area contributed by atoms with E-state index < -0.39 is 0 Å². The van der Waals surface area contributed by atoms with Crippen molar-refractivity contribution in [2.24, 2.45) is 17.6 Å². The first-order chi connectivity index (χ1) is 8.13. The molecule has 1 aliphatic carbocycles. The summed E-state index contributed by atoms with van der Waals surface area (Å²) in [6, 6.07) is 0. The minimum Gasteiger partial charge on any atom is -0.465 e. The minimum absolute atomic E-state index is 0.0227. The van der Waals surface area contributed by atoms with Gasteiger partial charge in [-0.15, -0.1) is 0 Å². The third-order valence-electron chi connectivity index (χ3n) is 3.21. The van der Waals surface area contributed by atoms with E-state index >= 15 is 0 Å². The highest BCUT2D eigenvalue weighted by Crippen LogP contribution is 2.29. The molecule has 4 N–H and O–H groups in total. The molecule has 0 heterocycles. The van der Waals surface area contributed by atoms with Gasteiger partial charge in [-0.3, -0.25) is 10.2 Å². The molecule has 1 aliphatic rings. The highest BCUT2D eigenvalue weighted by molar-refractivity contribution is 5.74. The van der Waals surface area contributed by atoms with Crippen LogP contribution in [-0.2, 0) is 9.53 Å². The normalized spacial score (nSPS) is 24.1. The van der Waals surface area contributed by atoms with Crippen molar-refractivity contribution in [3.8, 4) is 0 Å². The Morgan fingerprint density at radius 1 is 1.41 bits per heavy atom. The van der Waals surface area contributed by atoms with Gasteiger partial charge in [0, 0.05) is 6.54 Å². The highest BCUT2D eigenvalue weighted by atomic mass is 16.5. The van der Waals surface area contributed by atoms with Gasteiger partial charge in [0.2, 0.25) is 0 Å². The van der Waals surface area contributed by atoms with Gasteiger partial charge in [0.15, 0.2) is 5.96 Å². The molecule has 0 spiro atoms. The van der Waals surface area contributed by atoms with E-state index in [1.165, 1.54) is 0 Å². The van der Waals surface area contributed by atoms with Gasteiger partial charge < -0.3 is 15.8 Å². The summed E-state index contributed by atoms with van der Waals surface area (Å²) in [5.41, 5.74) is 5.24. The molecule has 0 aromatic heterocycles. The molecule has 1 saturated carbocycles. The smallest absolute Gasteiger partial charge is 0.308 e. The van der Waals surface area contributed by atoms with Gasteiger partial charge in [-0.05, 0) is 38.0 Å². The molecule has 0 amide bonds. The van der Waals surface area contributed by atoms with Crippen LogP contribution >= 0.6 is 0 Å². The molecular formula is C12H23N3O2. The Morgan fingerprint density at radius 2 is 2.06 bits per heavy atom. The summed E-state index contributed by atoms with van der Waals surface area (Å²) in [5, 5.41) is 9.93. The van der Waals surface area contributed by atoms with E-state index in [0.29, 0.717) is 12.5 Å². The SMILES string of the molecule is CCCOC(=O)[C@H]1CC[C@H](CNC(=N)N)CC1. The van der Waals surface area contributed by atoms with Crippen LogP contribution in [0.3, 0.4) is 0 Å². The number of rotatable bonds is 5. The Morgan fingerprint density at radius 3 is 2.59 bits per heavy atom. The van der Waals surface area contributed by atoms with Crippen LogP contribution in [0.4, 0.5) is 0 Å². The number of hydrogen-bond donors (Lipinski definition) is 3. The first-order valence-corrected chi connectivity index (χ1v) is 6.38. The summed E-state index contributed by atoms with van der Waals surface area (Å²) in [5.74, 6) is 0.587. The van der Waals surface area contributed by atoms with Crippen molar-refractivity contribution in [2.75, 3.05) is 13.2 Å². The molecule has 0 radical (unpaired) electrons. The van der Waals surface area contributed by atoms with Crippen molar-refractivity contribution in [3.05, 3.63) is 0 Å². The van der Waals surface area contributed by atoms with Gasteiger partial charge >= 0.3 is 5.97 Å². The Hall–Kier alpha value is -1.26. The number of carbonyl (C=O) groups excluding carboxylic acids is 1. The van der Waals surface area contributed by atoms with E-state index in [2.05, 4.69) is 5.32 Å². The zero-order valence-corrected chi connectivity index (χ0v) is 10.5. The summed E-state index contributed by atoms with van der Waals surface area (Å²) < 4.78 is 5.16. The summed E-state index contributed by atoms with van der Waals surface area (Å²) in [7, 11) is 0. The van der Waals surface area contributed by atoms with Crippen molar-refractivity contribution in [1.82, 2.24) is 5.32 Å². The number of nitrogens with one attached hydrogen (secondary N) is 2. The molecule has 0 unspecified atom stereocenters. The summed E-state index contributed by atoms with van der Waals surface area (Å²) in [6.45, 7) is 3.27. The zero-order chi connectivity index (χ0) is 12.7. The maximum atomic E-state index is 11.6. The van der Waals surface area contributed by atoms with Gasteiger partial charge in [0.1, 0.15) is 0 Å². The second-order valence-corrected chi connectivity index (χ2v) is 4.68. The average Bonchev–Trinajstić information content (AvgIpc) is 2.34. The standard InChI is InChI=1S/C12H23N3O2/c1-2-7-17-11(16)10-5-3-9(4-6-10)8-15-12(13)14/h9-10H,2-8H2,1H3,(H4,13,14,15)/t9-,10-. The maximum Gasteiger partial charge on any atom is 0.308 e. The predicted octanol–water partition coefficient (Wildman–Crippen LogP) is 1.23. The number of nitrogens with two attached hydrogens (primary N) is 1. The quantitative estimate of drug-likeness (QED) is 0.384. The predicted molar refractivity (Wildman–Crippen MR) is 66.6 cm³/mol. The topological polar surface area (TPSA) is 88.2 Å². The molecule has 1 fully saturated rings. The lowest BCUT2D eigenvalue weighted by atomic mass is 9.82. The molecule has 1 rings (SSSR count). The van der Waals surface area contributed by atoms with Crippen LogP contribution in [0.5, 0.6) is 0 Å². The highest BCUT2D eigenvalue weighted by Gasteiger charge is 2.27. The van der Waals surface area contributed by atoms with Crippen LogP contribution < -0.4 is 11.1 Å². The molecule has 5 heteroatoms. The largest absolute Gasteiger partial charge is 0.465 e. The molecule has 0 saturated heterocycles. The maximum absolute atomic E-state index is 11.6. The summed E-state index contributed by atoms with van der Waals surface area (Å²) >= 11 is 0. The number of hydrogen-bond acceptors (Lipinski definition) is 3. The van der Waals surface area contributed by atoms with Crippen LogP contribution in [-0.4, -0.2) is 25.1 Å². The monoisotopic (exact) mass is 241 g/mol. The lowest BCUT2D eigenvalue weighted by Gasteiger charge is -2.27. The van der Waals surface area contributed by atoms with E-state index in [4.69, 9.17) is 15.9 Å². The Labute approximate surface area is 103 Å². The molecule has 5 nitrogen and oxygen atoms in total. The van der Waals surface area contributed by atoms with Gasteiger partial charge in [-0.2, -0.15) is 0 Å². The molecule has 0 atom stereocenters. The van der Waals surface area contributed by atoms with Crippen molar-refractivity contribution in [1.29, 1.82) is 5.41 Å². The first kappa shape index (κ1) is 13.8. The third-order valence-corrected chi connectivity index (χ3v) is 3.21. The first-order valence-electron chi connectivity index (χ1n) is 6.38. The van der Waals surface area contributed by atoms with E-state index in [0.717, 1.165) is 38.6 Å². The average molecular weight is 241 g/mol. The van der Waals surface area contributed by atoms with E-state index in [1.54, 1.807) is 0 Å². The molecule has 0 aliphatic heterocycles. The molecule has 98 valence electrons. The minimum atomic E-state index is -0.0372. The second-order valence-electron chi connectivity index (χ2n) is 4.68. The molecule has 0 aromatic carbocycles. The van der Waals surface area contributed by atoms with Crippen molar-refractivity contribution < 1.29 is 9.53 Å². The fraction of sp³-hybridized carbons (Fsp3) is 0.833. The lowest BCUT2D eigenvalue weighted by Crippen LogP contribution is -2.36. The summed E-state index contributed by atoms with van der Waals surface area (Å²) in [6.07, 6.45) is 4.68. The fourth-order valence-electron chi connectivity index (χ4n) is 2.18. The Bertz CT molecular complexity index is 260. The Kier molecular flexibility index (Phi) is 5.80. The van der Waals surface area contributed by atoms with Gasteiger partial charge in [-0.1, -0.05) is 6.92 Å². The Balaban J connectivity index is 2.20.